The zero-order valence-corrected chi connectivity index (χ0v) is 29.0. The van der Waals surface area contributed by atoms with Gasteiger partial charge in [0.05, 0.1) is 23.6 Å². The molecule has 3 unspecified atom stereocenters. The molecule has 1 amide bonds. The van der Waals surface area contributed by atoms with E-state index in [2.05, 4.69) is 20.4 Å². The van der Waals surface area contributed by atoms with E-state index in [1.807, 2.05) is 74.5 Å². The number of hydrogen-bond acceptors (Lipinski definition) is 11. The molecule has 2 fully saturated rings. The number of nitrogens with one attached hydrogen (secondary N) is 3. The Labute approximate surface area is 292 Å². The molecular weight excluding hydrogens is 662 g/mol. The minimum absolute atomic E-state index is 0.000644. The molecule has 14 heteroatoms. The number of carbonyl (C=O) groups is 1. The Hall–Kier alpha value is -4.05. The van der Waals surface area contributed by atoms with Gasteiger partial charge in [-0.25, -0.2) is 18.2 Å². The number of aromatic nitrogens is 1. The highest BCUT2D eigenvalue weighted by atomic mass is 32.2. The van der Waals surface area contributed by atoms with Crippen molar-refractivity contribution in [2.75, 3.05) is 31.7 Å². The van der Waals surface area contributed by atoms with Gasteiger partial charge in [0.25, 0.3) is 16.0 Å². The summed E-state index contributed by atoms with van der Waals surface area (Å²) in [5.74, 6) is 0.0297. The fraction of sp³-hybridized carbons (Fsp3) is 0.444. The van der Waals surface area contributed by atoms with Crippen LogP contribution in [0, 0.1) is 17.8 Å². The number of ether oxygens (including phenoxy) is 2. The summed E-state index contributed by atoms with van der Waals surface area (Å²) in [6.07, 6.45) is -1.51. The van der Waals surface area contributed by atoms with Gasteiger partial charge in [-0.1, -0.05) is 60.7 Å². The molecule has 4 aromatic rings. The van der Waals surface area contributed by atoms with Crippen LogP contribution in [0.25, 0.3) is 11.1 Å². The van der Waals surface area contributed by atoms with E-state index >= 15 is 0 Å². The Morgan fingerprint density at radius 1 is 1.04 bits per heavy atom. The normalized spacial score (nSPS) is 21.7. The van der Waals surface area contributed by atoms with Crippen LogP contribution in [0.4, 0.5) is 10.8 Å². The van der Waals surface area contributed by atoms with Crippen molar-refractivity contribution in [1.82, 2.24) is 20.1 Å². The van der Waals surface area contributed by atoms with E-state index in [0.717, 1.165) is 11.1 Å². The van der Waals surface area contributed by atoms with E-state index in [0.29, 0.717) is 30.7 Å². The Morgan fingerprint density at radius 2 is 1.76 bits per heavy atom. The molecule has 1 aromatic heterocycles. The zero-order chi connectivity index (χ0) is 35.3. The molecule has 3 aromatic carbocycles. The fourth-order valence-electron chi connectivity index (χ4n) is 6.81. The van der Waals surface area contributed by atoms with Gasteiger partial charge in [0.2, 0.25) is 0 Å². The van der Waals surface area contributed by atoms with Crippen molar-refractivity contribution >= 4 is 33.2 Å². The average molecular weight is 708 g/mol. The lowest BCUT2D eigenvalue weighted by Crippen LogP contribution is -2.53. The van der Waals surface area contributed by atoms with Crippen molar-refractivity contribution in [2.24, 2.45) is 17.8 Å². The first-order valence-corrected chi connectivity index (χ1v) is 18.4. The predicted octanol–water partition coefficient (Wildman–Crippen LogP) is 3.69. The first kappa shape index (κ1) is 35.8. The second-order valence-corrected chi connectivity index (χ2v) is 15.1. The highest BCUT2D eigenvalue weighted by Gasteiger charge is 2.48. The minimum atomic E-state index is -4.16. The molecule has 0 bridgehead atoms. The number of nitrogens with zero attached hydrogens (tertiary/aromatic N) is 2. The van der Waals surface area contributed by atoms with E-state index in [1.54, 1.807) is 6.07 Å². The van der Waals surface area contributed by atoms with Gasteiger partial charge in [0, 0.05) is 44.2 Å². The van der Waals surface area contributed by atoms with Crippen LogP contribution in [0.15, 0.2) is 88.2 Å². The fourth-order valence-corrected chi connectivity index (χ4v) is 7.91. The summed E-state index contributed by atoms with van der Waals surface area (Å²) in [4.78, 5) is 20.4. The Balaban J connectivity index is 1.21. The van der Waals surface area contributed by atoms with Crippen LogP contribution in [0.2, 0.25) is 0 Å². The molecule has 1 saturated carbocycles. The number of rotatable bonds is 15. The molecule has 5 N–H and O–H groups in total. The molecular formula is C36H45N5O8S. The smallest absolute Gasteiger partial charge is 0.407 e. The number of hydrogen-bond donors (Lipinski definition) is 5. The van der Waals surface area contributed by atoms with E-state index in [-0.39, 0.29) is 60.8 Å². The number of aliphatic hydroxyl groups excluding tert-OH is 2. The summed E-state index contributed by atoms with van der Waals surface area (Å²) in [6.45, 7) is 4.76. The van der Waals surface area contributed by atoms with Gasteiger partial charge in [-0.05, 0) is 61.9 Å². The lowest BCUT2D eigenvalue weighted by atomic mass is 9.99. The number of aliphatic hydroxyl groups is 2. The van der Waals surface area contributed by atoms with Gasteiger partial charge in [0.15, 0.2) is 5.58 Å². The van der Waals surface area contributed by atoms with Gasteiger partial charge in [-0.15, -0.1) is 4.83 Å². The number of sulfonamides is 1. The lowest BCUT2D eigenvalue weighted by molar-refractivity contribution is 0.0124. The average Bonchev–Trinajstić information content (AvgIpc) is 3.79. The number of oxazole rings is 1. The summed E-state index contributed by atoms with van der Waals surface area (Å²) in [5, 5.41) is 29.1. The van der Waals surface area contributed by atoms with Crippen LogP contribution >= 0.6 is 0 Å². The highest BCUT2D eigenvalue weighted by molar-refractivity contribution is 7.89. The number of hydrazine groups is 1. The van der Waals surface area contributed by atoms with E-state index < -0.39 is 34.4 Å². The third kappa shape index (κ3) is 8.81. The molecule has 268 valence electrons. The Morgan fingerprint density at radius 3 is 2.46 bits per heavy atom. The van der Waals surface area contributed by atoms with Crippen molar-refractivity contribution in [2.45, 2.75) is 62.4 Å². The number of carbonyl (C=O) groups excluding carboxylic acids is 1. The lowest BCUT2D eigenvalue weighted by Gasteiger charge is -2.31. The molecule has 0 spiro atoms. The Kier molecular flexibility index (Phi) is 11.4. The number of benzene rings is 3. The summed E-state index contributed by atoms with van der Waals surface area (Å²) in [7, 11) is -4.16. The summed E-state index contributed by atoms with van der Waals surface area (Å²) in [6, 6.07) is 22.6. The standard InChI is InChI=1S/C36H45N5O8S/c1-23(2)37-35-38-31-17-28(13-14-33(31)48-35)50(45,46)40-41(18-25-11-7-4-8-12-25)19-32(43)30(15-24-9-5-3-6-10-24)39-36(44)49-34-26(20-42)16-27-21-47-22-29(27)34/h3-14,17,23,26-27,29-30,32,34,40,42-43H,15-16,18-22H2,1-2H3,(H,37,38)(H,39,44)/t26-,27?,29?,30+,32-,34?/m1/s1. The molecule has 6 rings (SSSR count). The first-order valence-electron chi connectivity index (χ1n) is 16.9. The van der Waals surface area contributed by atoms with Gasteiger partial charge in [-0.3, -0.25) is 0 Å². The topological polar surface area (TPSA) is 175 Å². The molecule has 6 atom stereocenters. The van der Waals surface area contributed by atoms with Crippen LogP contribution in [0.3, 0.4) is 0 Å². The first-order chi connectivity index (χ1) is 24.1. The molecule has 1 aliphatic carbocycles. The van der Waals surface area contributed by atoms with Crippen LogP contribution in [-0.4, -0.2) is 85.4 Å². The summed E-state index contributed by atoms with van der Waals surface area (Å²) < 4.78 is 44.8. The second-order valence-electron chi connectivity index (χ2n) is 13.4. The third-order valence-corrected chi connectivity index (χ3v) is 10.6. The number of fused-ring (bicyclic) bond motifs is 2. The van der Waals surface area contributed by atoms with Gasteiger partial charge >= 0.3 is 6.09 Å². The maximum Gasteiger partial charge on any atom is 0.407 e. The van der Waals surface area contributed by atoms with Crippen molar-refractivity contribution in [3.05, 3.63) is 90.0 Å². The second kappa shape index (κ2) is 15.9. The van der Waals surface area contributed by atoms with Crippen molar-refractivity contribution in [1.29, 1.82) is 0 Å². The number of amides is 1. The van der Waals surface area contributed by atoms with E-state index in [4.69, 9.17) is 13.9 Å². The summed E-state index contributed by atoms with van der Waals surface area (Å²) >= 11 is 0. The van der Waals surface area contributed by atoms with Crippen molar-refractivity contribution in [3.63, 3.8) is 0 Å². The molecule has 13 nitrogen and oxygen atoms in total. The van der Waals surface area contributed by atoms with Crippen LogP contribution in [0.1, 0.15) is 31.4 Å². The minimum Gasteiger partial charge on any atom is -0.445 e. The van der Waals surface area contributed by atoms with Crippen LogP contribution < -0.4 is 15.5 Å². The zero-order valence-electron chi connectivity index (χ0n) is 28.1. The monoisotopic (exact) mass is 707 g/mol. The molecule has 1 saturated heterocycles. The highest BCUT2D eigenvalue weighted by Crippen LogP contribution is 2.42. The van der Waals surface area contributed by atoms with Gasteiger partial charge in [-0.2, -0.15) is 4.98 Å². The molecule has 0 radical (unpaired) electrons. The maximum atomic E-state index is 13.8. The van der Waals surface area contributed by atoms with E-state index in [9.17, 15) is 23.4 Å². The third-order valence-electron chi connectivity index (χ3n) is 9.24. The number of alkyl carbamates (subject to hydrolysis) is 1. The molecule has 50 heavy (non-hydrogen) atoms. The SMILES string of the molecule is CC(C)Nc1nc2cc(S(=O)(=O)NN(Cc3ccccc3)C[C@@H](O)[C@H](Cc3ccccc3)NC(=O)OC3C4COCC4C[C@@H]3CO)ccc2o1. The largest absolute Gasteiger partial charge is 0.445 e. The molecule has 2 heterocycles. The molecule has 1 aliphatic heterocycles. The van der Waals surface area contributed by atoms with Gasteiger partial charge in [0.1, 0.15) is 11.6 Å². The van der Waals surface area contributed by atoms with Crippen molar-refractivity contribution < 1.29 is 37.3 Å². The van der Waals surface area contributed by atoms with Crippen molar-refractivity contribution in [3.8, 4) is 0 Å². The van der Waals surface area contributed by atoms with Crippen LogP contribution in [-0.2, 0) is 32.5 Å². The Bertz CT molecular complexity index is 1820. The summed E-state index contributed by atoms with van der Waals surface area (Å²) in [5.41, 5.74) is 2.47. The van der Waals surface area contributed by atoms with Gasteiger partial charge < -0.3 is 34.7 Å². The van der Waals surface area contributed by atoms with Crippen LogP contribution in [0.5, 0.6) is 0 Å². The maximum absolute atomic E-state index is 13.8. The van der Waals surface area contributed by atoms with E-state index in [1.165, 1.54) is 17.1 Å². The quantitative estimate of drug-likeness (QED) is 0.114. The number of anilines is 1. The molecule has 2 aliphatic rings. The predicted molar refractivity (Wildman–Crippen MR) is 186 cm³/mol.